The summed E-state index contributed by atoms with van der Waals surface area (Å²) >= 11 is 0. The average Bonchev–Trinajstić information content (AvgIpc) is 2.92. The van der Waals surface area contributed by atoms with Gasteiger partial charge in [-0.15, -0.1) is 0 Å². The zero-order valence-electron chi connectivity index (χ0n) is 20.9. The third kappa shape index (κ3) is 4.97. The second-order valence-electron chi connectivity index (χ2n) is 9.12. The summed E-state index contributed by atoms with van der Waals surface area (Å²) in [5, 5.41) is 30.6. The second-order valence-corrected chi connectivity index (χ2v) is 9.12. The van der Waals surface area contributed by atoms with Crippen LogP contribution in [0.15, 0.2) is 52.2 Å². The molecule has 4 N–H and O–H groups in total. The van der Waals surface area contributed by atoms with Gasteiger partial charge < -0.3 is 24.6 Å². The number of hydrogen-bond acceptors (Lipinski definition) is 11. The molecule has 3 heterocycles. The van der Waals surface area contributed by atoms with E-state index in [0.717, 1.165) is 11.1 Å². The highest BCUT2D eigenvalue weighted by molar-refractivity contribution is 5.89. The lowest BCUT2D eigenvalue weighted by Gasteiger charge is -2.28. The topological polar surface area (TPSA) is 193 Å². The Morgan fingerprint density at radius 2 is 1.74 bits per heavy atom. The van der Waals surface area contributed by atoms with E-state index in [0.29, 0.717) is 22.1 Å². The van der Waals surface area contributed by atoms with Crippen molar-refractivity contribution in [1.29, 1.82) is 0 Å². The highest BCUT2D eigenvalue weighted by Crippen LogP contribution is 2.25. The number of carbonyl (C=O) groups is 1. The first-order valence-corrected chi connectivity index (χ1v) is 12.0. The van der Waals surface area contributed by atoms with Gasteiger partial charge in [0.2, 0.25) is 0 Å². The van der Waals surface area contributed by atoms with E-state index in [9.17, 15) is 29.7 Å². The summed E-state index contributed by atoms with van der Waals surface area (Å²) in [6.07, 6.45) is -3.71. The van der Waals surface area contributed by atoms with Crippen LogP contribution in [0.1, 0.15) is 21.6 Å². The first-order chi connectivity index (χ1) is 18.7. The third-order valence-electron chi connectivity index (χ3n) is 6.47. The zero-order chi connectivity index (χ0) is 27.8. The van der Waals surface area contributed by atoms with E-state index in [1.165, 1.54) is 10.8 Å². The number of aliphatic hydroxyl groups is 3. The molecule has 0 saturated carbocycles. The molecular weight excluding hydrogens is 508 g/mol. The van der Waals surface area contributed by atoms with Gasteiger partial charge in [-0.05, 0) is 49.2 Å². The predicted octanol–water partition coefficient (Wildman–Crippen LogP) is 0.0843. The molecule has 2 aliphatic rings. The van der Waals surface area contributed by atoms with Crippen LogP contribution in [-0.4, -0.2) is 75.7 Å². The first kappa shape index (κ1) is 26.0. The SMILES string of the molecule is Cc1cc2nc3c(=O)[nH]c(=O)nc-3n(C[C@@H](OC(=O)c3cnc4ccccc4n3)[C@@H](O)[C@@H](O)CO)c2cc1C. The molecule has 13 nitrogen and oxygen atoms in total. The number of aromatic nitrogens is 6. The van der Waals surface area contributed by atoms with Crippen molar-refractivity contribution in [2.24, 2.45) is 0 Å². The summed E-state index contributed by atoms with van der Waals surface area (Å²) in [6.45, 7) is 2.53. The minimum absolute atomic E-state index is 0.114. The number of rotatable bonds is 7. The lowest BCUT2D eigenvalue weighted by molar-refractivity contribution is -0.0881. The normalized spacial score (nSPS) is 14.0. The van der Waals surface area contributed by atoms with Crippen molar-refractivity contribution < 1.29 is 24.9 Å². The van der Waals surface area contributed by atoms with Crippen molar-refractivity contribution >= 4 is 28.0 Å². The van der Waals surface area contributed by atoms with Gasteiger partial charge in [0.05, 0.1) is 41.4 Å². The number of nitrogens with zero attached hydrogens (tertiary/aromatic N) is 5. The number of para-hydroxylation sites is 2. The molecular formula is C26H24N6O7. The summed E-state index contributed by atoms with van der Waals surface area (Å²) in [4.78, 5) is 56.7. The van der Waals surface area contributed by atoms with Gasteiger partial charge in [-0.25, -0.2) is 19.6 Å². The third-order valence-corrected chi connectivity index (χ3v) is 6.47. The lowest BCUT2D eigenvalue weighted by Crippen LogP contribution is -2.45. The molecule has 5 rings (SSSR count). The number of aliphatic hydroxyl groups excluding tert-OH is 3. The fraction of sp³-hybridized carbons (Fsp3) is 0.269. The van der Waals surface area contributed by atoms with Crippen LogP contribution < -0.4 is 11.2 Å². The fourth-order valence-electron chi connectivity index (χ4n) is 4.24. The Balaban J connectivity index is 1.63. The Morgan fingerprint density at radius 1 is 1.03 bits per heavy atom. The van der Waals surface area contributed by atoms with E-state index < -0.39 is 42.1 Å². The van der Waals surface area contributed by atoms with Gasteiger partial charge >= 0.3 is 11.7 Å². The summed E-state index contributed by atoms with van der Waals surface area (Å²) in [5.41, 5.74) is 1.59. The standard InChI is InChI=1S/C26H24N6O7/c1-12-7-16-18(8-13(12)2)32(23-21(29-16)24(36)31-26(38)30-23)10-20(22(35)19(34)11-33)39-25(37)17-9-27-14-5-3-4-6-15(14)28-17/h3-9,19-20,22,33-35H,10-11H2,1-2H3,(H,31,36,38)/t19-,20+,22-/m0/s1. The van der Waals surface area contributed by atoms with Crippen LogP contribution in [0.5, 0.6) is 0 Å². The number of H-pyrrole nitrogens is 1. The van der Waals surface area contributed by atoms with Crippen LogP contribution in [0.2, 0.25) is 0 Å². The fourth-order valence-corrected chi connectivity index (χ4v) is 4.24. The van der Waals surface area contributed by atoms with Crippen molar-refractivity contribution in [1.82, 2.24) is 29.5 Å². The lowest BCUT2D eigenvalue weighted by atomic mass is 10.1. The minimum Gasteiger partial charge on any atom is -0.453 e. The van der Waals surface area contributed by atoms with Crippen molar-refractivity contribution in [2.45, 2.75) is 38.7 Å². The number of ether oxygens (including phenoxy) is 1. The molecule has 13 heteroatoms. The van der Waals surface area contributed by atoms with Crippen molar-refractivity contribution in [3.05, 3.63) is 80.3 Å². The van der Waals surface area contributed by atoms with E-state index in [-0.39, 0.29) is 23.8 Å². The molecule has 39 heavy (non-hydrogen) atoms. The zero-order valence-corrected chi connectivity index (χ0v) is 20.9. The summed E-state index contributed by atoms with van der Waals surface area (Å²) in [7, 11) is 0. The van der Waals surface area contributed by atoms with Crippen molar-refractivity contribution in [2.75, 3.05) is 6.61 Å². The molecule has 3 aromatic rings. The maximum Gasteiger partial charge on any atom is 0.359 e. The number of esters is 1. The monoisotopic (exact) mass is 532 g/mol. The van der Waals surface area contributed by atoms with E-state index in [2.05, 4.69) is 24.9 Å². The van der Waals surface area contributed by atoms with E-state index >= 15 is 0 Å². The van der Waals surface area contributed by atoms with Crippen LogP contribution in [0, 0.1) is 13.8 Å². The average molecular weight is 533 g/mol. The van der Waals surface area contributed by atoms with Gasteiger partial charge in [0.1, 0.15) is 18.3 Å². The van der Waals surface area contributed by atoms with Gasteiger partial charge in [0, 0.05) is 0 Å². The van der Waals surface area contributed by atoms with Crippen molar-refractivity contribution in [3.8, 4) is 11.5 Å². The Kier molecular flexibility index (Phi) is 6.87. The Morgan fingerprint density at radius 3 is 2.49 bits per heavy atom. The molecule has 0 spiro atoms. The van der Waals surface area contributed by atoms with E-state index in [4.69, 9.17) is 4.74 Å². The molecule has 1 aromatic heterocycles. The molecule has 2 aromatic carbocycles. The van der Waals surface area contributed by atoms with E-state index in [1.807, 2.05) is 13.8 Å². The molecule has 0 fully saturated rings. The number of aryl methyl sites for hydroxylation is 2. The van der Waals surface area contributed by atoms with Crippen molar-refractivity contribution in [3.63, 3.8) is 0 Å². The quantitative estimate of drug-likeness (QED) is 0.164. The molecule has 0 amide bonds. The summed E-state index contributed by atoms with van der Waals surface area (Å²) < 4.78 is 7.01. The Hall–Kier alpha value is -4.59. The van der Waals surface area contributed by atoms with Crippen LogP contribution >= 0.6 is 0 Å². The highest BCUT2D eigenvalue weighted by atomic mass is 16.6. The summed E-state index contributed by atoms with van der Waals surface area (Å²) in [6, 6.07) is 10.4. The number of nitrogens with one attached hydrogen (secondary N) is 1. The molecule has 0 unspecified atom stereocenters. The van der Waals surface area contributed by atoms with Crippen LogP contribution in [0.4, 0.5) is 0 Å². The number of benzene rings is 2. The minimum atomic E-state index is -1.77. The smallest absolute Gasteiger partial charge is 0.359 e. The number of hydrogen-bond donors (Lipinski definition) is 4. The van der Waals surface area contributed by atoms with E-state index in [1.54, 1.807) is 36.4 Å². The van der Waals surface area contributed by atoms with Gasteiger partial charge in [-0.2, -0.15) is 4.98 Å². The van der Waals surface area contributed by atoms with Crippen LogP contribution in [0.25, 0.3) is 33.6 Å². The molecule has 200 valence electrons. The highest BCUT2D eigenvalue weighted by Gasteiger charge is 2.32. The Bertz CT molecular complexity index is 1800. The molecule has 3 atom stereocenters. The largest absolute Gasteiger partial charge is 0.453 e. The van der Waals surface area contributed by atoms with Crippen LogP contribution in [0.3, 0.4) is 0 Å². The first-order valence-electron chi connectivity index (χ1n) is 12.0. The second kappa shape index (κ2) is 10.3. The van der Waals surface area contributed by atoms with Gasteiger partial charge in [0.25, 0.3) is 5.56 Å². The maximum absolute atomic E-state index is 13.1. The molecule has 0 saturated heterocycles. The van der Waals surface area contributed by atoms with Gasteiger partial charge in [-0.1, -0.05) is 12.1 Å². The molecule has 0 bridgehead atoms. The number of fused-ring (bicyclic) bond motifs is 3. The van der Waals surface area contributed by atoms with Gasteiger partial charge in [0.15, 0.2) is 17.2 Å². The molecule has 0 radical (unpaired) electrons. The Labute approximate surface area is 219 Å². The van der Waals surface area contributed by atoms with Crippen LogP contribution in [-0.2, 0) is 11.3 Å². The maximum atomic E-state index is 13.1. The van der Waals surface area contributed by atoms with Gasteiger partial charge in [-0.3, -0.25) is 14.8 Å². The summed E-state index contributed by atoms with van der Waals surface area (Å²) in [5.74, 6) is -1.07. The number of carbonyl (C=O) groups excluding carboxylic acids is 1. The number of aromatic amines is 1. The predicted molar refractivity (Wildman–Crippen MR) is 138 cm³/mol. The molecule has 0 aliphatic carbocycles. The molecule has 2 aliphatic heterocycles.